The van der Waals surface area contributed by atoms with E-state index in [1.165, 1.54) is 6.42 Å². The van der Waals surface area contributed by atoms with Gasteiger partial charge in [0.05, 0.1) is 6.54 Å². The zero-order valence-electron chi connectivity index (χ0n) is 18.4. The number of likely N-dealkylation sites (tertiary alicyclic amines) is 1. The average Bonchev–Trinajstić information content (AvgIpc) is 3.21. The number of para-hydroxylation sites is 1. The van der Waals surface area contributed by atoms with E-state index in [9.17, 15) is 4.79 Å². The standard InChI is InChI=1S/C23H33N5O2.HI/c1-24-23(25-10-9-20-17-19-7-3-4-8-21(19)30-20)28-15-13-26(14-16-28)18-22(29)27-11-5-2-6-12-27;/h3-4,7-8,17H,2,5-6,9-16,18H2,1H3,(H,24,25);1H. The smallest absolute Gasteiger partial charge is 0.236 e. The van der Waals surface area contributed by atoms with Crippen LogP contribution in [0.15, 0.2) is 39.7 Å². The Bertz CT molecular complexity index is 837. The number of benzene rings is 1. The van der Waals surface area contributed by atoms with Crippen molar-refractivity contribution in [2.75, 3.05) is 59.4 Å². The van der Waals surface area contributed by atoms with Crippen LogP contribution >= 0.6 is 24.0 Å². The summed E-state index contributed by atoms with van der Waals surface area (Å²) in [5, 5.41) is 4.61. The number of fused-ring (bicyclic) bond motifs is 1. The SMILES string of the molecule is CN=C(NCCc1cc2ccccc2o1)N1CCN(CC(=O)N2CCCCC2)CC1.I. The molecule has 7 nitrogen and oxygen atoms in total. The second-order valence-corrected chi connectivity index (χ2v) is 8.18. The predicted octanol–water partition coefficient (Wildman–Crippen LogP) is 2.80. The number of guanidine groups is 1. The Morgan fingerprint density at radius 2 is 1.77 bits per heavy atom. The summed E-state index contributed by atoms with van der Waals surface area (Å²) in [5.41, 5.74) is 0.937. The number of halogens is 1. The first-order valence-corrected chi connectivity index (χ1v) is 11.2. The molecule has 0 atom stereocenters. The normalized spacial score (nSPS) is 18.2. The van der Waals surface area contributed by atoms with Crippen LogP contribution in [0.5, 0.6) is 0 Å². The molecule has 0 spiro atoms. The van der Waals surface area contributed by atoms with E-state index in [1.54, 1.807) is 0 Å². The molecule has 0 bridgehead atoms. The number of aliphatic imine (C=N–C) groups is 1. The molecule has 2 aliphatic rings. The third-order valence-corrected chi connectivity index (χ3v) is 6.08. The minimum Gasteiger partial charge on any atom is -0.461 e. The first-order valence-electron chi connectivity index (χ1n) is 11.2. The molecular formula is C23H34IN5O2. The van der Waals surface area contributed by atoms with Crippen molar-refractivity contribution in [1.29, 1.82) is 0 Å². The van der Waals surface area contributed by atoms with Gasteiger partial charge in [0.15, 0.2) is 5.96 Å². The molecule has 1 aromatic heterocycles. The van der Waals surface area contributed by atoms with Crippen LogP contribution in [0.3, 0.4) is 0 Å². The summed E-state index contributed by atoms with van der Waals surface area (Å²) in [5.74, 6) is 2.20. The molecule has 2 saturated heterocycles. The predicted molar refractivity (Wildman–Crippen MR) is 135 cm³/mol. The molecular weight excluding hydrogens is 505 g/mol. The summed E-state index contributed by atoms with van der Waals surface area (Å²) >= 11 is 0. The van der Waals surface area contributed by atoms with Crippen molar-refractivity contribution in [2.45, 2.75) is 25.7 Å². The summed E-state index contributed by atoms with van der Waals surface area (Å²) in [6, 6.07) is 10.2. The molecule has 2 fully saturated rings. The van der Waals surface area contributed by atoms with Gasteiger partial charge in [-0.1, -0.05) is 18.2 Å². The van der Waals surface area contributed by atoms with Crippen molar-refractivity contribution in [2.24, 2.45) is 4.99 Å². The van der Waals surface area contributed by atoms with E-state index in [0.717, 1.165) is 87.8 Å². The lowest BCUT2D eigenvalue weighted by molar-refractivity contribution is -0.133. The molecule has 3 heterocycles. The first-order chi connectivity index (χ1) is 14.7. The van der Waals surface area contributed by atoms with E-state index < -0.39 is 0 Å². The fourth-order valence-corrected chi connectivity index (χ4v) is 4.34. The van der Waals surface area contributed by atoms with Gasteiger partial charge in [0.2, 0.25) is 5.91 Å². The molecule has 4 rings (SSSR count). The Morgan fingerprint density at radius 1 is 1.03 bits per heavy atom. The fraction of sp³-hybridized carbons (Fsp3) is 0.565. The number of hydrogen-bond donors (Lipinski definition) is 1. The Kier molecular flexibility index (Phi) is 9.01. The number of nitrogens with zero attached hydrogens (tertiary/aromatic N) is 4. The molecule has 2 aliphatic heterocycles. The zero-order chi connectivity index (χ0) is 20.8. The summed E-state index contributed by atoms with van der Waals surface area (Å²) in [6.07, 6.45) is 4.37. The molecule has 0 aliphatic carbocycles. The van der Waals surface area contributed by atoms with Gasteiger partial charge in [-0.05, 0) is 31.4 Å². The van der Waals surface area contributed by atoms with Crippen molar-refractivity contribution in [1.82, 2.24) is 20.0 Å². The van der Waals surface area contributed by atoms with Gasteiger partial charge >= 0.3 is 0 Å². The highest BCUT2D eigenvalue weighted by atomic mass is 127. The van der Waals surface area contributed by atoms with Crippen molar-refractivity contribution in [3.63, 3.8) is 0 Å². The topological polar surface area (TPSA) is 64.3 Å². The van der Waals surface area contributed by atoms with Gasteiger partial charge in [-0.2, -0.15) is 0 Å². The summed E-state index contributed by atoms with van der Waals surface area (Å²) in [4.78, 5) is 23.5. The van der Waals surface area contributed by atoms with Gasteiger partial charge in [0.1, 0.15) is 11.3 Å². The zero-order valence-corrected chi connectivity index (χ0v) is 20.7. The Labute approximate surface area is 201 Å². The summed E-state index contributed by atoms with van der Waals surface area (Å²) in [6.45, 7) is 6.75. The number of hydrogen-bond acceptors (Lipinski definition) is 4. The monoisotopic (exact) mass is 539 g/mol. The van der Waals surface area contributed by atoms with E-state index in [2.05, 4.69) is 32.2 Å². The molecule has 0 radical (unpaired) electrons. The molecule has 1 amide bonds. The van der Waals surface area contributed by atoms with Crippen LogP contribution < -0.4 is 5.32 Å². The molecule has 170 valence electrons. The molecule has 0 saturated carbocycles. The van der Waals surface area contributed by atoms with E-state index in [1.807, 2.05) is 30.1 Å². The lowest BCUT2D eigenvalue weighted by Crippen LogP contribution is -2.54. The maximum absolute atomic E-state index is 12.5. The molecule has 1 N–H and O–H groups in total. The summed E-state index contributed by atoms with van der Waals surface area (Å²) < 4.78 is 5.89. The fourth-order valence-electron chi connectivity index (χ4n) is 4.34. The quantitative estimate of drug-likeness (QED) is 0.360. The number of carbonyl (C=O) groups is 1. The average molecular weight is 539 g/mol. The van der Waals surface area contributed by atoms with Gasteiger partial charge in [0, 0.05) is 64.7 Å². The lowest BCUT2D eigenvalue weighted by atomic mass is 10.1. The van der Waals surface area contributed by atoms with Gasteiger partial charge in [0.25, 0.3) is 0 Å². The van der Waals surface area contributed by atoms with Crippen LogP contribution in [0.4, 0.5) is 0 Å². The third kappa shape index (κ3) is 6.35. The number of amides is 1. The number of carbonyl (C=O) groups excluding carboxylic acids is 1. The van der Waals surface area contributed by atoms with Gasteiger partial charge in [-0.25, -0.2) is 0 Å². The van der Waals surface area contributed by atoms with Gasteiger partial charge < -0.3 is 19.5 Å². The van der Waals surface area contributed by atoms with Crippen molar-refractivity contribution in [3.8, 4) is 0 Å². The Balaban J connectivity index is 0.00000272. The third-order valence-electron chi connectivity index (χ3n) is 6.08. The second kappa shape index (κ2) is 11.7. The molecule has 2 aromatic rings. The summed E-state index contributed by atoms with van der Waals surface area (Å²) in [7, 11) is 1.83. The lowest BCUT2D eigenvalue weighted by Gasteiger charge is -2.37. The molecule has 1 aromatic carbocycles. The van der Waals surface area contributed by atoms with Crippen LogP contribution in [0, 0.1) is 0 Å². The van der Waals surface area contributed by atoms with Gasteiger partial charge in [-0.3, -0.25) is 14.7 Å². The van der Waals surface area contributed by atoms with Crippen LogP contribution in [0.1, 0.15) is 25.0 Å². The minimum absolute atomic E-state index is 0. The van der Waals surface area contributed by atoms with E-state index >= 15 is 0 Å². The van der Waals surface area contributed by atoms with Crippen LogP contribution in [0.25, 0.3) is 11.0 Å². The molecule has 31 heavy (non-hydrogen) atoms. The van der Waals surface area contributed by atoms with Crippen LogP contribution in [-0.4, -0.2) is 86.0 Å². The second-order valence-electron chi connectivity index (χ2n) is 8.18. The van der Waals surface area contributed by atoms with Crippen molar-refractivity contribution < 1.29 is 9.21 Å². The Hall–Kier alpha value is -1.81. The van der Waals surface area contributed by atoms with Gasteiger partial charge in [-0.15, -0.1) is 24.0 Å². The minimum atomic E-state index is 0. The number of rotatable bonds is 5. The highest BCUT2D eigenvalue weighted by molar-refractivity contribution is 14.0. The number of piperidine rings is 1. The number of nitrogens with one attached hydrogen (secondary N) is 1. The van der Waals surface area contributed by atoms with Crippen LogP contribution in [0.2, 0.25) is 0 Å². The Morgan fingerprint density at radius 3 is 2.48 bits per heavy atom. The highest BCUT2D eigenvalue weighted by Gasteiger charge is 2.24. The van der Waals surface area contributed by atoms with Crippen molar-refractivity contribution in [3.05, 3.63) is 36.1 Å². The van der Waals surface area contributed by atoms with Crippen LogP contribution in [-0.2, 0) is 11.2 Å². The molecule has 8 heteroatoms. The van der Waals surface area contributed by atoms with E-state index in [0.29, 0.717) is 6.54 Å². The first kappa shape index (κ1) is 23.8. The number of piperazine rings is 1. The van der Waals surface area contributed by atoms with Crippen molar-refractivity contribution >= 4 is 46.8 Å². The maximum Gasteiger partial charge on any atom is 0.236 e. The maximum atomic E-state index is 12.5. The highest BCUT2D eigenvalue weighted by Crippen LogP contribution is 2.18. The molecule has 0 unspecified atom stereocenters. The largest absolute Gasteiger partial charge is 0.461 e. The van der Waals surface area contributed by atoms with E-state index in [4.69, 9.17) is 4.42 Å². The van der Waals surface area contributed by atoms with E-state index in [-0.39, 0.29) is 29.9 Å². The number of furan rings is 1.